The summed E-state index contributed by atoms with van der Waals surface area (Å²) in [5.74, 6) is -0.795. The number of amides is 4. The molecule has 0 aliphatic carbocycles. The molecule has 4 rings (SSSR count). The van der Waals surface area contributed by atoms with Gasteiger partial charge in [0, 0.05) is 37.0 Å². The van der Waals surface area contributed by atoms with Crippen molar-refractivity contribution < 1.29 is 33.4 Å². The number of hydrogen-bond donors (Lipinski definition) is 3. The zero-order valence-corrected chi connectivity index (χ0v) is 35.7. The number of urea groups is 1. The van der Waals surface area contributed by atoms with Crippen LogP contribution < -0.4 is 16.0 Å². The standard InChI is InChI=1S/C42H56N6O7S2/c1-27(2)36(47-39(50)48(8)23-32-25-56-37(44-32)28(3)4)38(49)54-35(21-31(19-29-15-11-9-12-16-29)45-41(52)55-42(5,6)7)34(20-30-17-13-10-14-18-30)46-40(51)53-24-33-22-43-26-57-33/h9-18,22,25-28,31,34-36H,19-21,23-24H2,1-8H3,(H,45,52)(H,46,51)(H,47,50)/t31-,34-,35-,36-/m0/s1. The van der Waals surface area contributed by atoms with Crippen LogP contribution in [-0.4, -0.2) is 75.9 Å². The normalized spacial score (nSPS) is 13.6. The Morgan fingerprint density at radius 3 is 2.05 bits per heavy atom. The summed E-state index contributed by atoms with van der Waals surface area (Å²) >= 11 is 2.90. The van der Waals surface area contributed by atoms with Gasteiger partial charge in [-0.2, -0.15) is 0 Å². The molecule has 0 saturated heterocycles. The fraction of sp³-hybridized carbons (Fsp3) is 0.476. The summed E-state index contributed by atoms with van der Waals surface area (Å²) in [5.41, 5.74) is 3.43. The maximum Gasteiger partial charge on any atom is 0.407 e. The van der Waals surface area contributed by atoms with Crippen LogP contribution in [0.2, 0.25) is 0 Å². The largest absolute Gasteiger partial charge is 0.459 e. The molecule has 4 aromatic rings. The zero-order valence-electron chi connectivity index (χ0n) is 34.0. The molecule has 15 heteroatoms. The lowest BCUT2D eigenvalue weighted by Gasteiger charge is -2.33. The molecule has 57 heavy (non-hydrogen) atoms. The van der Waals surface area contributed by atoms with E-state index in [2.05, 4.69) is 39.8 Å². The molecule has 308 valence electrons. The summed E-state index contributed by atoms with van der Waals surface area (Å²) in [6, 6.07) is 16.1. The molecule has 2 heterocycles. The lowest BCUT2D eigenvalue weighted by molar-refractivity contribution is -0.154. The van der Waals surface area contributed by atoms with E-state index in [1.165, 1.54) is 16.2 Å². The monoisotopic (exact) mass is 820 g/mol. The van der Waals surface area contributed by atoms with Crippen LogP contribution in [0.4, 0.5) is 14.4 Å². The fourth-order valence-corrected chi connectivity index (χ4v) is 7.20. The lowest BCUT2D eigenvalue weighted by atomic mass is 9.93. The van der Waals surface area contributed by atoms with Crippen LogP contribution in [0.1, 0.15) is 87.5 Å². The highest BCUT2D eigenvalue weighted by Crippen LogP contribution is 2.22. The molecule has 2 aromatic heterocycles. The van der Waals surface area contributed by atoms with Crippen LogP contribution in [0, 0.1) is 5.92 Å². The summed E-state index contributed by atoms with van der Waals surface area (Å²) in [7, 11) is 1.64. The summed E-state index contributed by atoms with van der Waals surface area (Å²) in [6.07, 6.45) is -0.0500. The number of esters is 1. The van der Waals surface area contributed by atoms with Crippen molar-refractivity contribution in [1.82, 2.24) is 30.8 Å². The Balaban J connectivity index is 1.65. The number of nitrogens with one attached hydrogen (secondary N) is 3. The summed E-state index contributed by atoms with van der Waals surface area (Å²) < 4.78 is 17.6. The van der Waals surface area contributed by atoms with E-state index in [0.29, 0.717) is 6.42 Å². The van der Waals surface area contributed by atoms with E-state index < -0.39 is 54.0 Å². The van der Waals surface area contributed by atoms with E-state index in [0.717, 1.165) is 26.7 Å². The number of alkyl carbamates (subject to hydrolysis) is 2. The van der Waals surface area contributed by atoms with Crippen molar-refractivity contribution in [3.8, 4) is 0 Å². The SMILES string of the molecule is CC(C)c1nc(CN(C)C(=O)N[C@H](C(=O)O[C@@H](C[C@H](Cc2ccccc2)NC(=O)OC(C)(C)C)[C@H](Cc2ccccc2)NC(=O)OCc2cncs2)C(C)C)cs1. The first-order valence-corrected chi connectivity index (χ1v) is 20.9. The number of hydrogen-bond acceptors (Lipinski definition) is 11. The van der Waals surface area contributed by atoms with Gasteiger partial charge >= 0.3 is 24.2 Å². The Morgan fingerprint density at radius 2 is 1.49 bits per heavy atom. The Labute approximate surface area is 343 Å². The lowest BCUT2D eigenvalue weighted by Crippen LogP contribution is -2.54. The molecule has 3 N–H and O–H groups in total. The number of nitrogens with zero attached hydrogens (tertiary/aromatic N) is 3. The molecule has 0 aliphatic rings. The highest BCUT2D eigenvalue weighted by molar-refractivity contribution is 7.09. The predicted octanol–water partition coefficient (Wildman–Crippen LogP) is 7.86. The average Bonchev–Trinajstić information content (AvgIpc) is 3.85. The van der Waals surface area contributed by atoms with Gasteiger partial charge in [0.25, 0.3) is 0 Å². The third kappa shape index (κ3) is 15.4. The van der Waals surface area contributed by atoms with Gasteiger partial charge in [-0.05, 0) is 50.7 Å². The molecule has 0 aliphatic heterocycles. The van der Waals surface area contributed by atoms with Crippen LogP contribution >= 0.6 is 22.7 Å². The van der Waals surface area contributed by atoms with E-state index in [4.69, 9.17) is 14.2 Å². The number of thiazole rings is 2. The van der Waals surface area contributed by atoms with Gasteiger partial charge < -0.3 is 35.1 Å². The Bertz CT molecular complexity index is 1850. The molecular weight excluding hydrogens is 765 g/mol. The molecule has 4 amide bonds. The molecule has 2 aromatic carbocycles. The highest BCUT2D eigenvalue weighted by atomic mass is 32.1. The molecule has 0 saturated carbocycles. The first-order valence-electron chi connectivity index (χ1n) is 19.1. The number of carbonyl (C=O) groups is 4. The minimum Gasteiger partial charge on any atom is -0.459 e. The van der Waals surface area contributed by atoms with Gasteiger partial charge in [0.1, 0.15) is 24.4 Å². The molecule has 13 nitrogen and oxygen atoms in total. The minimum absolute atomic E-state index is 0.00446. The third-order valence-corrected chi connectivity index (χ3v) is 10.7. The van der Waals surface area contributed by atoms with Gasteiger partial charge in [-0.25, -0.2) is 24.2 Å². The van der Waals surface area contributed by atoms with Crippen molar-refractivity contribution >= 4 is 46.9 Å². The molecule has 0 fully saturated rings. The fourth-order valence-electron chi connectivity index (χ4n) is 5.87. The topological polar surface area (TPSA) is 161 Å². The maximum absolute atomic E-state index is 14.3. The van der Waals surface area contributed by atoms with Crippen molar-refractivity contribution in [2.75, 3.05) is 7.05 Å². The van der Waals surface area contributed by atoms with Gasteiger partial charge in [-0.3, -0.25) is 4.98 Å². The summed E-state index contributed by atoms with van der Waals surface area (Å²) in [5, 5.41) is 11.7. The van der Waals surface area contributed by atoms with Crippen LogP contribution in [0.5, 0.6) is 0 Å². The molecular formula is C42H56N6O7S2. The number of rotatable bonds is 18. The number of ether oxygens (including phenoxy) is 3. The van der Waals surface area contributed by atoms with Gasteiger partial charge in [-0.15, -0.1) is 22.7 Å². The predicted molar refractivity (Wildman–Crippen MR) is 222 cm³/mol. The van der Waals surface area contributed by atoms with Crippen molar-refractivity contribution in [3.63, 3.8) is 0 Å². The quantitative estimate of drug-likeness (QED) is 0.0671. The van der Waals surface area contributed by atoms with E-state index in [1.54, 1.807) is 50.9 Å². The van der Waals surface area contributed by atoms with E-state index in [1.807, 2.05) is 79.9 Å². The number of aromatic nitrogens is 2. The van der Waals surface area contributed by atoms with Gasteiger partial charge in [-0.1, -0.05) is 88.4 Å². The molecule has 4 atom stereocenters. The summed E-state index contributed by atoms with van der Waals surface area (Å²) in [6.45, 7) is 13.3. The first-order chi connectivity index (χ1) is 27.1. The van der Waals surface area contributed by atoms with Crippen molar-refractivity contribution in [3.05, 3.63) is 104 Å². The number of carbonyl (C=O) groups excluding carboxylic acids is 4. The first kappa shape index (κ1) is 44.7. The van der Waals surface area contributed by atoms with Crippen LogP contribution in [0.3, 0.4) is 0 Å². The zero-order chi connectivity index (χ0) is 41.5. The number of benzene rings is 2. The van der Waals surface area contributed by atoms with Gasteiger partial charge in [0.05, 0.1) is 33.7 Å². The Morgan fingerprint density at radius 1 is 0.842 bits per heavy atom. The second-order valence-corrected chi connectivity index (χ2v) is 17.4. The van der Waals surface area contributed by atoms with Crippen molar-refractivity contribution in [1.29, 1.82) is 0 Å². The average molecular weight is 821 g/mol. The Hall–Kier alpha value is -5.02. The smallest absolute Gasteiger partial charge is 0.407 e. The molecule has 0 spiro atoms. The Kier molecular flexibility index (Phi) is 16.8. The minimum atomic E-state index is -1.05. The maximum atomic E-state index is 14.3. The third-order valence-electron chi connectivity index (χ3n) is 8.72. The second kappa shape index (κ2) is 21.5. The van der Waals surface area contributed by atoms with Crippen molar-refractivity contribution in [2.45, 2.75) is 117 Å². The van der Waals surface area contributed by atoms with E-state index >= 15 is 0 Å². The van der Waals surface area contributed by atoms with E-state index in [9.17, 15) is 19.2 Å². The highest BCUT2D eigenvalue weighted by Gasteiger charge is 2.36. The van der Waals surface area contributed by atoms with E-state index in [-0.39, 0.29) is 37.8 Å². The van der Waals surface area contributed by atoms with Crippen LogP contribution in [0.15, 0.2) is 77.8 Å². The van der Waals surface area contributed by atoms with Gasteiger partial charge in [0.15, 0.2) is 0 Å². The van der Waals surface area contributed by atoms with Gasteiger partial charge in [0.2, 0.25) is 0 Å². The molecule has 0 bridgehead atoms. The van der Waals surface area contributed by atoms with Crippen LogP contribution in [-0.2, 0) is 45.0 Å². The summed E-state index contributed by atoms with van der Waals surface area (Å²) in [4.78, 5) is 65.5. The molecule has 0 unspecified atom stereocenters. The second-order valence-electron chi connectivity index (χ2n) is 15.6. The molecule has 0 radical (unpaired) electrons. The van der Waals surface area contributed by atoms with Crippen LogP contribution in [0.25, 0.3) is 0 Å². The van der Waals surface area contributed by atoms with Crippen molar-refractivity contribution in [2.24, 2.45) is 5.92 Å².